The fraction of sp³-hybridized carbons (Fsp3) is 0.455. The van der Waals surface area contributed by atoms with Crippen molar-refractivity contribution < 1.29 is 13.2 Å². The molecular weight excluding hydrogens is 363 g/mol. The van der Waals surface area contributed by atoms with Crippen LogP contribution in [-0.2, 0) is 0 Å². The summed E-state index contributed by atoms with van der Waals surface area (Å²) in [5.74, 6) is 0. The van der Waals surface area contributed by atoms with Crippen LogP contribution in [-0.4, -0.2) is 13.2 Å². The molecule has 0 spiro atoms. The summed E-state index contributed by atoms with van der Waals surface area (Å²) in [6.07, 6.45) is -4.88. The van der Waals surface area contributed by atoms with Crippen LogP contribution < -0.4 is 5.32 Å². The molecule has 0 heterocycles. The van der Waals surface area contributed by atoms with Crippen molar-refractivity contribution in [3.05, 3.63) is 32.7 Å². The van der Waals surface area contributed by atoms with Crippen LogP contribution >= 0.6 is 31.9 Å². The van der Waals surface area contributed by atoms with Crippen molar-refractivity contribution in [1.82, 2.24) is 5.32 Å². The van der Waals surface area contributed by atoms with Crippen LogP contribution in [0.4, 0.5) is 13.2 Å². The first-order chi connectivity index (χ1) is 7.83. The number of halogens is 5. The van der Waals surface area contributed by atoms with Gasteiger partial charge in [0.25, 0.3) is 0 Å². The molecule has 0 aliphatic heterocycles. The number of nitrogens with one attached hydrogen (secondary N) is 1. The molecule has 1 N–H and O–H groups in total. The zero-order valence-corrected chi connectivity index (χ0v) is 12.3. The molecule has 17 heavy (non-hydrogen) atoms. The molecule has 0 amide bonds. The van der Waals surface area contributed by atoms with E-state index in [-0.39, 0.29) is 12.5 Å². The second-order valence-corrected chi connectivity index (χ2v) is 5.43. The Balaban J connectivity index is 2.79. The molecule has 0 aliphatic rings. The number of hydrogen-bond acceptors (Lipinski definition) is 1. The number of alkyl halides is 3. The molecule has 96 valence electrons. The second kappa shape index (κ2) is 6.20. The first-order valence-electron chi connectivity index (χ1n) is 5.02. The maximum Gasteiger partial charge on any atom is 0.389 e. The average Bonchev–Trinajstić information content (AvgIpc) is 2.19. The highest BCUT2D eigenvalue weighted by Crippen LogP contribution is 2.32. The molecule has 0 radical (unpaired) electrons. The van der Waals surface area contributed by atoms with Crippen molar-refractivity contribution in [2.45, 2.75) is 25.1 Å². The van der Waals surface area contributed by atoms with Gasteiger partial charge in [-0.3, -0.25) is 0 Å². The van der Waals surface area contributed by atoms with Crippen LogP contribution in [0.25, 0.3) is 0 Å². The van der Waals surface area contributed by atoms with Gasteiger partial charge in [-0.05, 0) is 31.2 Å². The molecule has 0 aliphatic carbocycles. The SMILES string of the molecule is CNC(CCC(F)(F)F)c1ccc(Br)cc1Br. The van der Waals surface area contributed by atoms with E-state index < -0.39 is 12.6 Å². The minimum absolute atomic E-state index is 0.0280. The normalized spacial score (nSPS) is 13.8. The highest BCUT2D eigenvalue weighted by molar-refractivity contribution is 9.11. The highest BCUT2D eigenvalue weighted by Gasteiger charge is 2.28. The summed E-state index contributed by atoms with van der Waals surface area (Å²) >= 11 is 6.67. The van der Waals surface area contributed by atoms with Gasteiger partial charge in [-0.2, -0.15) is 13.2 Å². The quantitative estimate of drug-likeness (QED) is 0.797. The lowest BCUT2D eigenvalue weighted by Crippen LogP contribution is -2.20. The zero-order chi connectivity index (χ0) is 13.1. The summed E-state index contributed by atoms with van der Waals surface area (Å²) in [5, 5.41) is 2.91. The topological polar surface area (TPSA) is 12.0 Å². The Labute approximate surface area is 115 Å². The first kappa shape index (κ1) is 15.0. The molecule has 1 nitrogen and oxygen atoms in total. The van der Waals surface area contributed by atoms with Gasteiger partial charge in [-0.25, -0.2) is 0 Å². The summed E-state index contributed by atoms with van der Waals surface area (Å²) in [4.78, 5) is 0. The smallest absolute Gasteiger partial charge is 0.313 e. The number of rotatable bonds is 4. The zero-order valence-electron chi connectivity index (χ0n) is 9.11. The van der Waals surface area contributed by atoms with Gasteiger partial charge in [-0.15, -0.1) is 0 Å². The van der Waals surface area contributed by atoms with Crippen LogP contribution in [0, 0.1) is 0 Å². The van der Waals surface area contributed by atoms with E-state index in [1.807, 2.05) is 18.2 Å². The van der Waals surface area contributed by atoms with Gasteiger partial charge < -0.3 is 5.32 Å². The van der Waals surface area contributed by atoms with E-state index in [1.165, 1.54) is 0 Å². The van der Waals surface area contributed by atoms with Crippen molar-refractivity contribution in [2.24, 2.45) is 0 Å². The molecule has 0 saturated carbocycles. The molecule has 1 unspecified atom stereocenters. The van der Waals surface area contributed by atoms with Crippen LogP contribution in [0.3, 0.4) is 0 Å². The fourth-order valence-corrected chi connectivity index (χ4v) is 2.87. The molecular formula is C11H12Br2F3N. The van der Waals surface area contributed by atoms with Crippen molar-refractivity contribution >= 4 is 31.9 Å². The third-order valence-electron chi connectivity index (χ3n) is 2.40. The van der Waals surface area contributed by atoms with Gasteiger partial charge in [0.2, 0.25) is 0 Å². The van der Waals surface area contributed by atoms with Crippen LogP contribution in [0.2, 0.25) is 0 Å². The van der Waals surface area contributed by atoms with Gasteiger partial charge in [0, 0.05) is 21.4 Å². The highest BCUT2D eigenvalue weighted by atomic mass is 79.9. The van der Waals surface area contributed by atoms with Gasteiger partial charge in [0.15, 0.2) is 0 Å². The standard InChI is InChI=1S/C11H12Br2F3N/c1-17-10(4-5-11(14,15)16)8-3-2-7(12)6-9(8)13/h2-3,6,10,17H,4-5H2,1H3. The van der Waals surface area contributed by atoms with Crippen molar-refractivity contribution in [3.63, 3.8) is 0 Å². The van der Waals surface area contributed by atoms with Crippen LogP contribution in [0.15, 0.2) is 27.1 Å². The van der Waals surface area contributed by atoms with E-state index in [2.05, 4.69) is 37.2 Å². The molecule has 1 aromatic carbocycles. The van der Waals surface area contributed by atoms with Gasteiger partial charge in [-0.1, -0.05) is 37.9 Å². The van der Waals surface area contributed by atoms with E-state index in [9.17, 15) is 13.2 Å². The van der Waals surface area contributed by atoms with Gasteiger partial charge in [0.05, 0.1) is 0 Å². The minimum atomic E-state index is -4.11. The fourth-order valence-electron chi connectivity index (χ4n) is 1.55. The van der Waals surface area contributed by atoms with E-state index in [0.717, 1.165) is 14.5 Å². The molecule has 0 saturated heterocycles. The second-order valence-electron chi connectivity index (χ2n) is 3.66. The van der Waals surface area contributed by atoms with Crippen molar-refractivity contribution in [1.29, 1.82) is 0 Å². The Morgan fingerprint density at radius 1 is 1.29 bits per heavy atom. The average molecular weight is 375 g/mol. The minimum Gasteiger partial charge on any atom is -0.313 e. The molecule has 0 aromatic heterocycles. The Hall–Kier alpha value is -0.0700. The van der Waals surface area contributed by atoms with E-state index in [1.54, 1.807) is 7.05 Å². The Kier molecular flexibility index (Phi) is 5.47. The van der Waals surface area contributed by atoms with Gasteiger partial charge in [0.1, 0.15) is 0 Å². The molecule has 6 heteroatoms. The third-order valence-corrected chi connectivity index (χ3v) is 3.58. The lowest BCUT2D eigenvalue weighted by atomic mass is 10.0. The van der Waals surface area contributed by atoms with Gasteiger partial charge >= 0.3 is 6.18 Å². The summed E-state index contributed by atoms with van der Waals surface area (Å²) in [6.45, 7) is 0. The van der Waals surface area contributed by atoms with E-state index in [4.69, 9.17) is 0 Å². The molecule has 0 fully saturated rings. The monoisotopic (exact) mass is 373 g/mol. The molecule has 1 atom stereocenters. The Morgan fingerprint density at radius 2 is 1.94 bits per heavy atom. The number of hydrogen-bond donors (Lipinski definition) is 1. The lowest BCUT2D eigenvalue weighted by Gasteiger charge is -2.19. The summed E-state index contributed by atoms with van der Waals surface area (Å²) in [6, 6.07) is 5.15. The lowest BCUT2D eigenvalue weighted by molar-refractivity contribution is -0.136. The predicted octanol–water partition coefficient (Wildman–Crippen LogP) is 4.81. The van der Waals surface area contributed by atoms with Crippen LogP contribution in [0.5, 0.6) is 0 Å². The van der Waals surface area contributed by atoms with E-state index in [0.29, 0.717) is 0 Å². The van der Waals surface area contributed by atoms with Crippen molar-refractivity contribution in [2.75, 3.05) is 7.05 Å². The summed E-state index contributed by atoms with van der Waals surface area (Å²) < 4.78 is 38.2. The Morgan fingerprint density at radius 3 is 2.41 bits per heavy atom. The summed E-state index contributed by atoms with van der Waals surface area (Å²) in [5.41, 5.74) is 0.833. The maximum absolute atomic E-state index is 12.2. The van der Waals surface area contributed by atoms with Crippen molar-refractivity contribution in [3.8, 4) is 0 Å². The largest absolute Gasteiger partial charge is 0.389 e. The number of benzene rings is 1. The molecule has 1 aromatic rings. The third kappa shape index (κ3) is 4.97. The Bertz CT molecular complexity index is 379. The van der Waals surface area contributed by atoms with Crippen LogP contribution in [0.1, 0.15) is 24.4 Å². The van der Waals surface area contributed by atoms with E-state index >= 15 is 0 Å². The molecule has 0 bridgehead atoms. The predicted molar refractivity (Wildman–Crippen MR) is 68.9 cm³/mol. The summed E-state index contributed by atoms with van der Waals surface area (Å²) in [7, 11) is 1.66. The molecule has 1 rings (SSSR count). The first-order valence-corrected chi connectivity index (χ1v) is 6.61. The maximum atomic E-state index is 12.2.